The number of halogens is 1. The third kappa shape index (κ3) is 6.96. The highest BCUT2D eigenvalue weighted by molar-refractivity contribution is 6.32. The van der Waals surface area contributed by atoms with Crippen LogP contribution < -0.4 is 20.7 Å². The Labute approximate surface area is 255 Å². The van der Waals surface area contributed by atoms with Gasteiger partial charge in [0.15, 0.2) is 5.82 Å². The Morgan fingerprint density at radius 2 is 1.93 bits per heavy atom. The molecule has 11 heteroatoms. The number of benzene rings is 2. The van der Waals surface area contributed by atoms with E-state index >= 15 is 0 Å². The first kappa shape index (κ1) is 28.2. The fourth-order valence-corrected chi connectivity index (χ4v) is 5.52. The van der Waals surface area contributed by atoms with E-state index in [1.807, 2.05) is 29.3 Å². The van der Waals surface area contributed by atoms with Gasteiger partial charge in [0.25, 0.3) is 0 Å². The second kappa shape index (κ2) is 13.0. The molecule has 0 spiro atoms. The predicted octanol–water partition coefficient (Wildman–Crippen LogP) is 7.37. The van der Waals surface area contributed by atoms with E-state index in [1.165, 1.54) is 0 Å². The number of carbonyl (C=O) groups excluding carboxylic acids is 1. The van der Waals surface area contributed by atoms with Gasteiger partial charge in [-0.2, -0.15) is 4.98 Å². The van der Waals surface area contributed by atoms with Gasteiger partial charge in [0, 0.05) is 30.7 Å². The minimum atomic E-state index is -0.157. The molecule has 4 heterocycles. The van der Waals surface area contributed by atoms with E-state index < -0.39 is 0 Å². The number of hydrogen-bond acceptors (Lipinski definition) is 7. The lowest BCUT2D eigenvalue weighted by Gasteiger charge is -2.32. The van der Waals surface area contributed by atoms with Crippen molar-refractivity contribution >= 4 is 52.1 Å². The van der Waals surface area contributed by atoms with Gasteiger partial charge in [0.1, 0.15) is 10.8 Å². The maximum absolute atomic E-state index is 12.8. The molecule has 0 atom stereocenters. The summed E-state index contributed by atoms with van der Waals surface area (Å²) in [5.74, 6) is 2.27. The van der Waals surface area contributed by atoms with Crippen molar-refractivity contribution in [1.29, 1.82) is 0 Å². The summed E-state index contributed by atoms with van der Waals surface area (Å²) in [6, 6.07) is 15.0. The standard InChI is InChI=1S/C32H31ClN8O2/c1-34-27-4-2-3-5-28(27)39-32(42)41-13-10-21(11-14-41)12-15-43-29-9-8-24-17-23(29)7-6-22-16-25(19-35-18-22)38-31-36-20-26(33)30(37-24)40-31/h2-5,8-9,16-21H,6-7,10-15H2,(H,39,42)(H2,36,37,38,40). The van der Waals surface area contributed by atoms with Crippen molar-refractivity contribution in [3.63, 3.8) is 0 Å². The summed E-state index contributed by atoms with van der Waals surface area (Å²) in [5, 5.41) is 9.84. The lowest BCUT2D eigenvalue weighted by molar-refractivity contribution is 0.170. The predicted molar refractivity (Wildman–Crippen MR) is 168 cm³/mol. The van der Waals surface area contributed by atoms with Gasteiger partial charge in [-0.1, -0.05) is 29.8 Å². The first-order valence-electron chi connectivity index (χ1n) is 14.3. The Bertz CT molecular complexity index is 1670. The molecule has 2 amide bonds. The Hall–Kier alpha value is -4.88. The Kier molecular flexibility index (Phi) is 8.52. The van der Waals surface area contributed by atoms with E-state index in [0.29, 0.717) is 53.8 Å². The van der Waals surface area contributed by atoms with Crippen LogP contribution in [0, 0.1) is 12.5 Å². The van der Waals surface area contributed by atoms with Crippen LogP contribution in [0.2, 0.25) is 5.02 Å². The number of hydrogen-bond donors (Lipinski definition) is 3. The largest absolute Gasteiger partial charge is 0.493 e. The zero-order valence-electron chi connectivity index (χ0n) is 23.5. The summed E-state index contributed by atoms with van der Waals surface area (Å²) in [6.07, 6.45) is 9.49. The van der Waals surface area contributed by atoms with Gasteiger partial charge in [-0.3, -0.25) is 4.98 Å². The van der Waals surface area contributed by atoms with E-state index in [0.717, 1.165) is 60.4 Å². The normalized spacial score (nSPS) is 14.6. The number of pyridine rings is 1. The molecule has 1 fully saturated rings. The van der Waals surface area contributed by atoms with Crippen LogP contribution >= 0.6 is 11.6 Å². The van der Waals surface area contributed by atoms with Crippen LogP contribution in [0.1, 0.15) is 30.4 Å². The number of rotatable bonds is 5. The summed E-state index contributed by atoms with van der Waals surface area (Å²) in [4.78, 5) is 31.3. The number of aryl methyl sites for hydroxylation is 2. The molecule has 2 aromatic heterocycles. The number of anilines is 5. The first-order valence-corrected chi connectivity index (χ1v) is 14.7. The molecular weight excluding hydrogens is 564 g/mol. The fourth-order valence-electron chi connectivity index (χ4n) is 5.38. The number of carbonyl (C=O) groups is 1. The summed E-state index contributed by atoms with van der Waals surface area (Å²) < 4.78 is 6.34. The number of para-hydroxylation sites is 2. The van der Waals surface area contributed by atoms with Crippen LogP contribution in [-0.4, -0.2) is 45.6 Å². The van der Waals surface area contributed by atoms with E-state index in [4.69, 9.17) is 22.9 Å². The molecule has 43 heavy (non-hydrogen) atoms. The molecule has 1 saturated heterocycles. The van der Waals surface area contributed by atoms with Crippen LogP contribution in [-0.2, 0) is 12.8 Å². The molecule has 0 radical (unpaired) electrons. The maximum Gasteiger partial charge on any atom is 0.320 e. The molecule has 2 aliphatic rings. The van der Waals surface area contributed by atoms with Crippen LogP contribution in [0.3, 0.4) is 0 Å². The van der Waals surface area contributed by atoms with E-state index in [2.05, 4.69) is 47.9 Å². The number of urea groups is 1. The summed E-state index contributed by atoms with van der Waals surface area (Å²) >= 11 is 6.39. The van der Waals surface area contributed by atoms with Crippen molar-refractivity contribution in [2.75, 3.05) is 35.6 Å². The number of aromatic nitrogens is 3. The van der Waals surface area contributed by atoms with Gasteiger partial charge in [0.2, 0.25) is 11.6 Å². The maximum atomic E-state index is 12.8. The number of likely N-dealkylation sites (tertiary alicyclic amines) is 1. The van der Waals surface area contributed by atoms with Crippen LogP contribution in [0.15, 0.2) is 67.1 Å². The van der Waals surface area contributed by atoms with Crippen LogP contribution in [0.5, 0.6) is 5.75 Å². The average Bonchev–Trinajstić information content (AvgIpc) is 3.03. The number of ether oxygens (including phenoxy) is 1. The van der Waals surface area contributed by atoms with Crippen molar-refractivity contribution in [3.8, 4) is 5.75 Å². The number of nitrogens with zero attached hydrogens (tertiary/aromatic N) is 5. The first-order chi connectivity index (χ1) is 21.0. The second-order valence-electron chi connectivity index (χ2n) is 10.7. The van der Waals surface area contributed by atoms with Crippen molar-refractivity contribution < 1.29 is 9.53 Å². The molecule has 10 nitrogen and oxygen atoms in total. The molecule has 2 aromatic carbocycles. The molecule has 0 unspecified atom stereocenters. The van der Waals surface area contributed by atoms with Crippen molar-refractivity contribution in [3.05, 3.63) is 94.7 Å². The monoisotopic (exact) mass is 594 g/mol. The smallest absolute Gasteiger partial charge is 0.320 e. The summed E-state index contributed by atoms with van der Waals surface area (Å²) in [6.45, 7) is 9.26. The zero-order valence-corrected chi connectivity index (χ0v) is 24.3. The number of nitrogens with one attached hydrogen (secondary N) is 3. The second-order valence-corrected chi connectivity index (χ2v) is 11.1. The third-order valence-corrected chi connectivity index (χ3v) is 8.03. The fraction of sp³-hybridized carbons (Fsp3) is 0.281. The highest BCUT2D eigenvalue weighted by Crippen LogP contribution is 2.31. The van der Waals surface area contributed by atoms with Crippen LogP contribution in [0.4, 0.5) is 39.3 Å². The summed E-state index contributed by atoms with van der Waals surface area (Å²) in [7, 11) is 0. The highest BCUT2D eigenvalue weighted by Gasteiger charge is 2.23. The van der Waals surface area contributed by atoms with Crippen molar-refractivity contribution in [2.45, 2.75) is 32.1 Å². The third-order valence-electron chi connectivity index (χ3n) is 7.75. The van der Waals surface area contributed by atoms with Gasteiger partial charge < -0.3 is 25.6 Å². The number of amides is 2. The summed E-state index contributed by atoms with van der Waals surface area (Å²) in [5.41, 5.74) is 4.84. The van der Waals surface area contributed by atoms with E-state index in [9.17, 15) is 4.79 Å². The zero-order chi connectivity index (χ0) is 29.6. The van der Waals surface area contributed by atoms with E-state index in [1.54, 1.807) is 30.6 Å². The Morgan fingerprint density at radius 3 is 2.79 bits per heavy atom. The molecule has 0 aliphatic carbocycles. The Balaban J connectivity index is 1.07. The minimum absolute atomic E-state index is 0.157. The van der Waals surface area contributed by atoms with Crippen molar-refractivity contribution in [1.82, 2.24) is 19.9 Å². The highest BCUT2D eigenvalue weighted by atomic mass is 35.5. The van der Waals surface area contributed by atoms with Gasteiger partial charge in [-0.15, -0.1) is 0 Å². The molecule has 218 valence electrons. The minimum Gasteiger partial charge on any atom is -0.493 e. The van der Waals surface area contributed by atoms with Crippen molar-refractivity contribution in [2.24, 2.45) is 5.92 Å². The lowest BCUT2D eigenvalue weighted by atomic mass is 9.94. The topological polar surface area (TPSA) is 109 Å². The lowest BCUT2D eigenvalue weighted by Crippen LogP contribution is -2.41. The molecule has 4 aromatic rings. The van der Waals surface area contributed by atoms with Gasteiger partial charge in [-0.05, 0) is 79.5 Å². The molecule has 6 bridgehead atoms. The quantitative estimate of drug-likeness (QED) is 0.207. The van der Waals surface area contributed by atoms with Gasteiger partial charge in [0.05, 0.1) is 31.3 Å². The average molecular weight is 595 g/mol. The SMILES string of the molecule is [C-]#[N+]c1ccccc1NC(=O)N1CCC(CCOc2ccc3cc2CCc2cncc(c2)Nc2ncc(Cl)c(n2)N3)CC1. The van der Waals surface area contributed by atoms with Gasteiger partial charge >= 0.3 is 6.03 Å². The molecular formula is C32H31ClN8O2. The molecule has 2 aliphatic heterocycles. The van der Waals surface area contributed by atoms with Crippen LogP contribution in [0.25, 0.3) is 4.85 Å². The number of fused-ring (bicyclic) bond motifs is 6. The molecule has 3 N–H and O–H groups in total. The number of piperidine rings is 1. The Morgan fingerprint density at radius 1 is 1.07 bits per heavy atom. The van der Waals surface area contributed by atoms with E-state index in [-0.39, 0.29) is 6.03 Å². The van der Waals surface area contributed by atoms with Gasteiger partial charge in [-0.25, -0.2) is 14.6 Å². The molecule has 6 rings (SSSR count). The molecule has 0 saturated carbocycles.